The van der Waals surface area contributed by atoms with Crippen molar-refractivity contribution in [2.75, 3.05) is 13.7 Å². The van der Waals surface area contributed by atoms with Gasteiger partial charge in [-0.25, -0.2) is 0 Å². The number of carboxylic acids is 1. The summed E-state index contributed by atoms with van der Waals surface area (Å²) in [4.78, 5) is 15.4. The molecule has 92 valence electrons. The van der Waals surface area contributed by atoms with Crippen LogP contribution in [0.25, 0.3) is 0 Å². The van der Waals surface area contributed by atoms with Crippen molar-refractivity contribution in [3.63, 3.8) is 0 Å². The fourth-order valence-electron chi connectivity index (χ4n) is 1.05. The number of ether oxygens (including phenoxy) is 1. The van der Waals surface area contributed by atoms with Gasteiger partial charge in [-0.15, -0.1) is 0 Å². The summed E-state index contributed by atoms with van der Waals surface area (Å²) in [7, 11) is 1.58. The molecule has 1 N–H and O–H groups in total. The number of hydrogen-bond acceptors (Lipinski definition) is 4. The zero-order valence-corrected chi connectivity index (χ0v) is 9.79. The van der Waals surface area contributed by atoms with E-state index in [4.69, 9.17) is 14.7 Å². The second kappa shape index (κ2) is 6.52. The van der Waals surface area contributed by atoms with E-state index in [1.54, 1.807) is 20.1 Å². The van der Waals surface area contributed by atoms with Gasteiger partial charge in [-0.1, -0.05) is 17.3 Å². The van der Waals surface area contributed by atoms with Crippen molar-refractivity contribution < 1.29 is 19.5 Å². The Labute approximate surface area is 99.7 Å². The van der Waals surface area contributed by atoms with Crippen molar-refractivity contribution in [3.8, 4) is 5.75 Å². The highest BCUT2D eigenvalue weighted by molar-refractivity contribution is 5.79. The average Bonchev–Trinajstić information content (AvgIpc) is 2.34. The molecule has 0 aliphatic carbocycles. The van der Waals surface area contributed by atoms with E-state index >= 15 is 0 Å². The largest absolute Gasteiger partial charge is 0.497 e. The molecule has 1 aromatic rings. The fraction of sp³-hybridized carbons (Fsp3) is 0.333. The van der Waals surface area contributed by atoms with Crippen molar-refractivity contribution in [1.82, 2.24) is 0 Å². The lowest BCUT2D eigenvalue weighted by Gasteiger charge is -2.03. The quantitative estimate of drug-likeness (QED) is 0.604. The van der Waals surface area contributed by atoms with Crippen LogP contribution in [0.5, 0.6) is 5.75 Å². The van der Waals surface area contributed by atoms with Crippen LogP contribution in [0.4, 0.5) is 0 Å². The van der Waals surface area contributed by atoms with Crippen molar-refractivity contribution in [3.05, 3.63) is 29.8 Å². The first-order valence-corrected chi connectivity index (χ1v) is 5.15. The summed E-state index contributed by atoms with van der Waals surface area (Å²) < 4.78 is 5.05. The lowest BCUT2D eigenvalue weighted by Crippen LogP contribution is -2.14. The van der Waals surface area contributed by atoms with Gasteiger partial charge in [0.05, 0.1) is 19.2 Å². The molecule has 0 bridgehead atoms. The molecule has 0 saturated carbocycles. The predicted octanol–water partition coefficient (Wildman–Crippen LogP) is 1.77. The lowest BCUT2D eigenvalue weighted by molar-refractivity contribution is -0.143. The molecule has 1 aromatic carbocycles. The molecule has 5 nitrogen and oxygen atoms in total. The van der Waals surface area contributed by atoms with E-state index in [2.05, 4.69) is 5.16 Å². The maximum absolute atomic E-state index is 10.5. The van der Waals surface area contributed by atoms with E-state index in [-0.39, 0.29) is 6.61 Å². The first kappa shape index (κ1) is 13.0. The Morgan fingerprint density at radius 3 is 3.00 bits per heavy atom. The highest BCUT2D eigenvalue weighted by Gasteiger charge is 2.10. The molecule has 0 radical (unpaired) electrons. The highest BCUT2D eigenvalue weighted by Crippen LogP contribution is 2.10. The Morgan fingerprint density at radius 2 is 2.35 bits per heavy atom. The molecule has 5 heteroatoms. The number of hydrogen-bond donors (Lipinski definition) is 1. The third kappa shape index (κ3) is 4.55. The number of carboxylic acid groups (broad SMARTS) is 1. The molecule has 1 rings (SSSR count). The highest BCUT2D eigenvalue weighted by atomic mass is 16.6. The summed E-state index contributed by atoms with van der Waals surface area (Å²) in [5.74, 6) is -0.744. The number of rotatable bonds is 6. The number of aliphatic carboxylic acids is 1. The molecule has 0 spiro atoms. The van der Waals surface area contributed by atoms with E-state index in [0.29, 0.717) is 0 Å². The van der Waals surface area contributed by atoms with Gasteiger partial charge < -0.3 is 14.7 Å². The van der Waals surface area contributed by atoms with Gasteiger partial charge in [0.2, 0.25) is 0 Å². The van der Waals surface area contributed by atoms with Crippen LogP contribution in [-0.2, 0) is 9.63 Å². The molecule has 0 aliphatic rings. The Kier molecular flexibility index (Phi) is 5.00. The van der Waals surface area contributed by atoms with E-state index in [9.17, 15) is 4.79 Å². The van der Waals surface area contributed by atoms with Gasteiger partial charge >= 0.3 is 5.97 Å². The van der Waals surface area contributed by atoms with Gasteiger partial charge in [-0.3, -0.25) is 4.79 Å². The minimum absolute atomic E-state index is 0.0514. The van der Waals surface area contributed by atoms with Gasteiger partial charge in [0.25, 0.3) is 0 Å². The number of carbonyl (C=O) groups is 1. The zero-order valence-electron chi connectivity index (χ0n) is 9.79. The smallest absolute Gasteiger partial charge is 0.309 e. The topological polar surface area (TPSA) is 68.1 Å². The first-order chi connectivity index (χ1) is 8.13. The van der Waals surface area contributed by atoms with Crippen molar-refractivity contribution in [1.29, 1.82) is 0 Å². The van der Waals surface area contributed by atoms with Crippen molar-refractivity contribution in [2.24, 2.45) is 11.1 Å². The van der Waals surface area contributed by atoms with Crippen LogP contribution in [0.15, 0.2) is 29.4 Å². The SMILES string of the molecule is COc1cccc(/C=N/OC[C@H](C)C(=O)O)c1. The van der Waals surface area contributed by atoms with E-state index in [1.165, 1.54) is 6.21 Å². The Bertz CT molecular complexity index is 403. The Morgan fingerprint density at radius 1 is 1.59 bits per heavy atom. The normalized spacial score (nSPS) is 12.4. The summed E-state index contributed by atoms with van der Waals surface area (Å²) in [6, 6.07) is 7.30. The molecule has 0 amide bonds. The minimum Gasteiger partial charge on any atom is -0.497 e. The average molecular weight is 237 g/mol. The molecule has 0 aliphatic heterocycles. The van der Waals surface area contributed by atoms with Crippen LogP contribution in [0.1, 0.15) is 12.5 Å². The molecular formula is C12H15NO4. The molecule has 0 heterocycles. The first-order valence-electron chi connectivity index (χ1n) is 5.15. The molecule has 17 heavy (non-hydrogen) atoms. The van der Waals surface area contributed by atoms with E-state index < -0.39 is 11.9 Å². The third-order valence-corrected chi connectivity index (χ3v) is 2.12. The molecule has 1 atom stereocenters. The number of methoxy groups -OCH3 is 1. The van der Waals surface area contributed by atoms with Crippen LogP contribution in [0.2, 0.25) is 0 Å². The van der Waals surface area contributed by atoms with Crippen LogP contribution in [-0.4, -0.2) is 31.0 Å². The van der Waals surface area contributed by atoms with Gasteiger partial charge in [0.1, 0.15) is 12.4 Å². The molecule has 0 saturated heterocycles. The van der Waals surface area contributed by atoms with Crippen molar-refractivity contribution in [2.45, 2.75) is 6.92 Å². The van der Waals surface area contributed by atoms with Crippen LogP contribution < -0.4 is 4.74 Å². The van der Waals surface area contributed by atoms with Crippen LogP contribution in [0.3, 0.4) is 0 Å². The monoisotopic (exact) mass is 237 g/mol. The standard InChI is InChI=1S/C12H15NO4/c1-9(12(14)15)8-17-13-7-10-4-3-5-11(6-10)16-2/h3-7,9H,8H2,1-2H3,(H,14,15)/b13-7+/t9-/m0/s1. The summed E-state index contributed by atoms with van der Waals surface area (Å²) >= 11 is 0. The number of nitrogens with zero attached hydrogens (tertiary/aromatic N) is 1. The van der Waals surface area contributed by atoms with E-state index in [0.717, 1.165) is 11.3 Å². The van der Waals surface area contributed by atoms with Crippen LogP contribution in [0, 0.1) is 5.92 Å². The zero-order chi connectivity index (χ0) is 12.7. The Balaban J connectivity index is 2.45. The maximum atomic E-state index is 10.5. The number of oxime groups is 1. The van der Waals surface area contributed by atoms with Gasteiger partial charge in [0.15, 0.2) is 0 Å². The molecular weight excluding hydrogens is 222 g/mol. The van der Waals surface area contributed by atoms with Gasteiger partial charge in [0, 0.05) is 0 Å². The maximum Gasteiger partial charge on any atom is 0.309 e. The summed E-state index contributed by atoms with van der Waals surface area (Å²) in [6.45, 7) is 1.61. The third-order valence-electron chi connectivity index (χ3n) is 2.12. The second-order valence-electron chi connectivity index (χ2n) is 3.55. The molecule has 0 fully saturated rings. The second-order valence-corrected chi connectivity index (χ2v) is 3.55. The van der Waals surface area contributed by atoms with Gasteiger partial charge in [-0.05, 0) is 24.6 Å². The van der Waals surface area contributed by atoms with Crippen molar-refractivity contribution >= 4 is 12.2 Å². The Hall–Kier alpha value is -2.04. The molecule has 0 unspecified atom stereocenters. The van der Waals surface area contributed by atoms with Crippen LogP contribution >= 0.6 is 0 Å². The summed E-state index contributed by atoms with van der Waals surface area (Å²) in [5, 5.41) is 12.3. The minimum atomic E-state index is -0.901. The molecule has 0 aromatic heterocycles. The predicted molar refractivity (Wildman–Crippen MR) is 63.3 cm³/mol. The summed E-state index contributed by atoms with van der Waals surface area (Å²) in [6.07, 6.45) is 1.51. The van der Waals surface area contributed by atoms with E-state index in [1.807, 2.05) is 18.2 Å². The lowest BCUT2D eigenvalue weighted by atomic mass is 10.2. The van der Waals surface area contributed by atoms with Gasteiger partial charge in [-0.2, -0.15) is 0 Å². The number of benzene rings is 1. The fourth-order valence-corrected chi connectivity index (χ4v) is 1.05. The summed E-state index contributed by atoms with van der Waals surface area (Å²) in [5.41, 5.74) is 0.826.